The molecular formula is C39H50O5. The van der Waals surface area contributed by atoms with Crippen LogP contribution >= 0.6 is 0 Å². The second kappa shape index (κ2) is 11.6. The van der Waals surface area contributed by atoms with Gasteiger partial charge >= 0.3 is 0 Å². The molecule has 44 heavy (non-hydrogen) atoms. The van der Waals surface area contributed by atoms with Gasteiger partial charge in [-0.05, 0) is 146 Å². The van der Waals surface area contributed by atoms with Gasteiger partial charge in [0, 0.05) is 36.7 Å². The molecule has 0 bridgehead atoms. The Morgan fingerprint density at radius 2 is 1.27 bits per heavy atom. The topological polar surface area (TPSA) is 83.8 Å². The molecule has 8 unspecified atom stereocenters. The number of ketones is 2. The number of hydrogen-bond donors (Lipinski definition) is 2. The normalized spacial score (nSPS) is 36.5. The number of Topliss-reactive ketones (excluding diaryl/α,β-unsaturated/α-hetero) is 2. The van der Waals surface area contributed by atoms with Crippen LogP contribution in [0.5, 0.6) is 11.5 Å². The van der Waals surface area contributed by atoms with E-state index in [-0.39, 0.29) is 17.4 Å². The minimum absolute atomic E-state index is 0.0322. The zero-order valence-electron chi connectivity index (χ0n) is 26.7. The zero-order valence-corrected chi connectivity index (χ0v) is 26.7. The van der Waals surface area contributed by atoms with Crippen molar-refractivity contribution in [3.63, 3.8) is 0 Å². The van der Waals surface area contributed by atoms with Gasteiger partial charge in [0.25, 0.3) is 0 Å². The third-order valence-electron chi connectivity index (χ3n) is 13.4. The van der Waals surface area contributed by atoms with Gasteiger partial charge in [0.15, 0.2) is 0 Å². The Morgan fingerprint density at radius 3 is 1.84 bits per heavy atom. The summed E-state index contributed by atoms with van der Waals surface area (Å²) in [5.41, 5.74) is 5.65. The van der Waals surface area contributed by atoms with Gasteiger partial charge in [-0.25, -0.2) is 0 Å². The van der Waals surface area contributed by atoms with Crippen molar-refractivity contribution in [2.75, 3.05) is 13.2 Å². The molecule has 5 heteroatoms. The SMILES string of the molecule is CC12CCC3c4ccc(O)cc4CCC3C1CCC2=O.CC12CCC3c4ccc(OCCCO)cc4CCC3C1CCC2=O. The van der Waals surface area contributed by atoms with Crippen molar-refractivity contribution in [3.05, 3.63) is 58.7 Å². The van der Waals surface area contributed by atoms with Crippen molar-refractivity contribution < 1.29 is 24.5 Å². The molecule has 6 aliphatic carbocycles. The molecule has 0 heterocycles. The molecule has 6 aliphatic rings. The second-order valence-corrected chi connectivity index (χ2v) is 15.3. The molecular weight excluding hydrogens is 548 g/mol. The van der Waals surface area contributed by atoms with Crippen molar-refractivity contribution in [2.45, 2.75) is 109 Å². The van der Waals surface area contributed by atoms with Crippen LogP contribution in [0, 0.1) is 34.5 Å². The van der Waals surface area contributed by atoms with Crippen molar-refractivity contribution >= 4 is 11.6 Å². The molecule has 2 aromatic carbocycles. The van der Waals surface area contributed by atoms with E-state index in [1.807, 2.05) is 12.1 Å². The van der Waals surface area contributed by atoms with E-state index in [9.17, 15) is 14.7 Å². The van der Waals surface area contributed by atoms with E-state index in [4.69, 9.17) is 9.84 Å². The molecule has 8 atom stereocenters. The van der Waals surface area contributed by atoms with Crippen molar-refractivity contribution in [1.29, 1.82) is 0 Å². The standard InChI is InChI=1S/C21H28O3.C18H22O2/c1-21-10-9-17-16-6-4-15(24-12-2-11-22)13-14(16)3-5-18(17)19(21)7-8-20(21)23;1-18-9-8-14-13-5-3-12(19)10-11(13)2-4-15(14)16(18)6-7-17(18)20/h4,6,13,17-19,22H,2-3,5,7-12H2,1H3;3,5,10,14-16,19H,2,4,6-9H2,1H3. The van der Waals surface area contributed by atoms with E-state index in [2.05, 4.69) is 38.1 Å². The monoisotopic (exact) mass is 598 g/mol. The molecule has 0 aromatic heterocycles. The van der Waals surface area contributed by atoms with Crippen LogP contribution in [0.15, 0.2) is 36.4 Å². The summed E-state index contributed by atoms with van der Waals surface area (Å²) in [4.78, 5) is 24.6. The predicted octanol–water partition coefficient (Wildman–Crippen LogP) is 7.69. The summed E-state index contributed by atoms with van der Waals surface area (Å²) >= 11 is 0. The molecule has 236 valence electrons. The van der Waals surface area contributed by atoms with E-state index < -0.39 is 0 Å². The Balaban J connectivity index is 0.000000144. The maximum absolute atomic E-state index is 12.4. The number of phenolic OH excluding ortho intramolecular Hbond substituents is 1. The molecule has 5 nitrogen and oxygen atoms in total. The van der Waals surface area contributed by atoms with Crippen molar-refractivity contribution in [3.8, 4) is 11.5 Å². The fourth-order valence-electron chi connectivity index (χ4n) is 11.0. The number of aliphatic hydroxyl groups is 1. The van der Waals surface area contributed by atoms with Crippen LogP contribution in [-0.4, -0.2) is 35.0 Å². The van der Waals surface area contributed by atoms with Gasteiger partial charge in [0.2, 0.25) is 0 Å². The Labute approximate surface area is 262 Å². The minimum Gasteiger partial charge on any atom is -0.508 e. The summed E-state index contributed by atoms with van der Waals surface area (Å²) in [6.07, 6.45) is 13.5. The minimum atomic E-state index is -0.0357. The Morgan fingerprint density at radius 1 is 0.727 bits per heavy atom. The van der Waals surface area contributed by atoms with Crippen molar-refractivity contribution in [2.24, 2.45) is 34.5 Å². The third kappa shape index (κ3) is 4.93. The first-order valence-corrected chi connectivity index (χ1v) is 17.5. The van der Waals surface area contributed by atoms with Crippen LogP contribution < -0.4 is 4.74 Å². The van der Waals surface area contributed by atoms with E-state index in [1.54, 1.807) is 0 Å². The molecule has 0 saturated heterocycles. The van der Waals surface area contributed by atoms with Crippen LogP contribution in [0.3, 0.4) is 0 Å². The lowest BCUT2D eigenvalue weighted by molar-refractivity contribution is -0.130. The number of fused-ring (bicyclic) bond motifs is 10. The number of benzene rings is 2. The van der Waals surface area contributed by atoms with Gasteiger partial charge < -0.3 is 14.9 Å². The van der Waals surface area contributed by atoms with E-state index in [1.165, 1.54) is 35.1 Å². The number of phenols is 1. The maximum Gasteiger partial charge on any atom is 0.139 e. The fraction of sp³-hybridized carbons (Fsp3) is 0.641. The van der Waals surface area contributed by atoms with Gasteiger partial charge in [-0.3, -0.25) is 9.59 Å². The average molecular weight is 599 g/mol. The molecule has 4 fully saturated rings. The Bertz CT molecular complexity index is 1430. The van der Waals surface area contributed by atoms with E-state index in [0.29, 0.717) is 65.9 Å². The highest BCUT2D eigenvalue weighted by Crippen LogP contribution is 2.61. The molecule has 4 saturated carbocycles. The number of rotatable bonds is 4. The fourth-order valence-corrected chi connectivity index (χ4v) is 11.0. The average Bonchev–Trinajstić information content (AvgIpc) is 3.51. The molecule has 0 spiro atoms. The van der Waals surface area contributed by atoms with E-state index in [0.717, 1.165) is 70.0 Å². The van der Waals surface area contributed by atoms with Crippen LogP contribution in [0.25, 0.3) is 0 Å². The Kier molecular flexibility index (Phi) is 7.92. The van der Waals surface area contributed by atoms with Gasteiger partial charge in [-0.1, -0.05) is 26.0 Å². The highest BCUT2D eigenvalue weighted by atomic mass is 16.5. The highest BCUT2D eigenvalue weighted by Gasteiger charge is 2.55. The molecule has 2 N–H and O–H groups in total. The highest BCUT2D eigenvalue weighted by molar-refractivity contribution is 5.87. The molecule has 8 rings (SSSR count). The number of carbonyl (C=O) groups excluding carboxylic acids is 2. The quantitative estimate of drug-likeness (QED) is 0.353. The third-order valence-corrected chi connectivity index (χ3v) is 13.4. The van der Waals surface area contributed by atoms with Crippen LogP contribution in [0.4, 0.5) is 0 Å². The number of aromatic hydroxyl groups is 1. The van der Waals surface area contributed by atoms with Crippen LogP contribution in [0.2, 0.25) is 0 Å². The van der Waals surface area contributed by atoms with Crippen molar-refractivity contribution in [1.82, 2.24) is 0 Å². The predicted molar refractivity (Wildman–Crippen MR) is 171 cm³/mol. The number of ether oxygens (including phenoxy) is 1. The largest absolute Gasteiger partial charge is 0.508 e. The summed E-state index contributed by atoms with van der Waals surface area (Å²) in [5, 5.41) is 18.5. The number of carbonyl (C=O) groups is 2. The molecule has 0 amide bonds. The lowest BCUT2D eigenvalue weighted by atomic mass is 9.55. The molecule has 2 aromatic rings. The lowest BCUT2D eigenvalue weighted by Crippen LogP contribution is -2.42. The Hall–Kier alpha value is -2.66. The summed E-state index contributed by atoms with van der Waals surface area (Å²) < 4.78 is 5.74. The van der Waals surface area contributed by atoms with Gasteiger partial charge in [-0.15, -0.1) is 0 Å². The lowest BCUT2D eigenvalue weighted by Gasteiger charge is -2.48. The first-order valence-electron chi connectivity index (χ1n) is 17.5. The molecule has 0 radical (unpaired) electrons. The van der Waals surface area contributed by atoms with E-state index >= 15 is 0 Å². The summed E-state index contributed by atoms with van der Waals surface area (Å²) in [5.74, 6) is 6.14. The zero-order chi connectivity index (χ0) is 30.6. The number of aliphatic hydroxyl groups excluding tert-OH is 1. The van der Waals surface area contributed by atoms with Gasteiger partial charge in [-0.2, -0.15) is 0 Å². The number of hydrogen-bond acceptors (Lipinski definition) is 5. The maximum atomic E-state index is 12.4. The first-order chi connectivity index (χ1) is 21.2. The van der Waals surface area contributed by atoms with Crippen LogP contribution in [-0.2, 0) is 22.4 Å². The number of aryl methyl sites for hydroxylation is 2. The summed E-state index contributed by atoms with van der Waals surface area (Å²) in [6, 6.07) is 12.5. The molecule has 0 aliphatic heterocycles. The first kappa shape index (κ1) is 30.0. The second-order valence-electron chi connectivity index (χ2n) is 15.3. The van der Waals surface area contributed by atoms with Crippen LogP contribution in [0.1, 0.15) is 119 Å². The van der Waals surface area contributed by atoms with Gasteiger partial charge in [0.05, 0.1) is 6.61 Å². The summed E-state index contributed by atoms with van der Waals surface area (Å²) in [6.45, 7) is 5.20. The van der Waals surface area contributed by atoms with Gasteiger partial charge in [0.1, 0.15) is 23.1 Å². The smallest absolute Gasteiger partial charge is 0.139 e. The summed E-state index contributed by atoms with van der Waals surface area (Å²) in [7, 11) is 0.